The van der Waals surface area contributed by atoms with Gasteiger partial charge in [0.25, 0.3) is 0 Å². The summed E-state index contributed by atoms with van der Waals surface area (Å²) in [6.45, 7) is 0. The van der Waals surface area contributed by atoms with E-state index >= 15 is 0 Å². The molecule has 0 heterocycles. The maximum atomic E-state index is 13.0. The first-order valence-electron chi connectivity index (χ1n) is 8.27. The fourth-order valence-electron chi connectivity index (χ4n) is 3.29. The highest BCUT2D eigenvalue weighted by atomic mass is 16.2. The van der Waals surface area contributed by atoms with Gasteiger partial charge >= 0.3 is 0 Å². The Morgan fingerprint density at radius 1 is 0.923 bits per heavy atom. The van der Waals surface area contributed by atoms with Gasteiger partial charge in [0.05, 0.1) is 11.3 Å². The van der Waals surface area contributed by atoms with Crippen molar-refractivity contribution in [1.29, 1.82) is 0 Å². The number of anilines is 1. The fraction of sp³-hybridized carbons (Fsp3) is 0.0952. The largest absolute Gasteiger partial charge is 0.323 e. The van der Waals surface area contributed by atoms with E-state index in [2.05, 4.69) is 5.32 Å². The summed E-state index contributed by atoms with van der Waals surface area (Å²) in [6, 6.07) is 11.6. The van der Waals surface area contributed by atoms with Gasteiger partial charge in [0.15, 0.2) is 11.6 Å². The van der Waals surface area contributed by atoms with Crippen molar-refractivity contribution in [2.45, 2.75) is 12.0 Å². The fourth-order valence-corrected chi connectivity index (χ4v) is 3.29. The van der Waals surface area contributed by atoms with Crippen molar-refractivity contribution < 1.29 is 14.4 Å². The average molecular weight is 344 g/mol. The number of carbonyl (C=O) groups excluding carboxylic acids is 3. The minimum Gasteiger partial charge on any atom is -0.323 e. The molecule has 1 amide bonds. The zero-order valence-corrected chi connectivity index (χ0v) is 13.9. The molecular formula is C21H16N2O3. The maximum absolute atomic E-state index is 13.0. The molecule has 0 spiro atoms. The summed E-state index contributed by atoms with van der Waals surface area (Å²) in [6.07, 6.45) is 7.33. The van der Waals surface area contributed by atoms with Crippen LogP contribution in [-0.2, 0) is 4.79 Å². The van der Waals surface area contributed by atoms with Crippen LogP contribution in [-0.4, -0.2) is 23.0 Å². The van der Waals surface area contributed by atoms with Crippen molar-refractivity contribution >= 4 is 23.2 Å². The summed E-state index contributed by atoms with van der Waals surface area (Å²) in [5.41, 5.74) is 6.50. The third-order valence-electron chi connectivity index (χ3n) is 4.72. The van der Waals surface area contributed by atoms with Crippen LogP contribution in [0.15, 0.2) is 66.8 Å². The quantitative estimate of drug-likeness (QED) is 0.748. The predicted octanol–water partition coefficient (Wildman–Crippen LogP) is 2.61. The van der Waals surface area contributed by atoms with E-state index in [0.29, 0.717) is 23.2 Å². The Morgan fingerprint density at radius 3 is 2.31 bits per heavy atom. The van der Waals surface area contributed by atoms with E-state index in [9.17, 15) is 14.4 Å². The van der Waals surface area contributed by atoms with Crippen LogP contribution in [0.5, 0.6) is 0 Å². The lowest BCUT2D eigenvalue weighted by Crippen LogP contribution is -2.49. The molecule has 0 aromatic heterocycles. The van der Waals surface area contributed by atoms with Crippen LogP contribution >= 0.6 is 0 Å². The van der Waals surface area contributed by atoms with E-state index < -0.39 is 11.4 Å². The molecule has 5 nitrogen and oxygen atoms in total. The highest BCUT2D eigenvalue weighted by Crippen LogP contribution is 2.32. The van der Waals surface area contributed by atoms with Crippen LogP contribution in [0.4, 0.5) is 5.69 Å². The first-order valence-corrected chi connectivity index (χ1v) is 8.27. The van der Waals surface area contributed by atoms with Gasteiger partial charge in [-0.05, 0) is 12.5 Å². The molecule has 2 aromatic rings. The summed E-state index contributed by atoms with van der Waals surface area (Å²) in [7, 11) is 0. The van der Waals surface area contributed by atoms with Gasteiger partial charge in [-0.3, -0.25) is 14.4 Å². The lowest BCUT2D eigenvalue weighted by atomic mass is 9.83. The number of benzene rings is 2. The Bertz CT molecular complexity index is 1020. The molecule has 0 saturated heterocycles. The van der Waals surface area contributed by atoms with Gasteiger partial charge in [0, 0.05) is 16.7 Å². The Morgan fingerprint density at radius 2 is 1.62 bits per heavy atom. The molecule has 2 aliphatic rings. The zero-order valence-electron chi connectivity index (χ0n) is 13.9. The highest BCUT2D eigenvalue weighted by molar-refractivity contribution is 6.30. The summed E-state index contributed by atoms with van der Waals surface area (Å²) in [5, 5.41) is 2.74. The van der Waals surface area contributed by atoms with Crippen molar-refractivity contribution in [2.75, 3.05) is 5.32 Å². The molecule has 0 radical (unpaired) electrons. The van der Waals surface area contributed by atoms with Crippen LogP contribution in [0.25, 0.3) is 0 Å². The molecule has 2 aromatic carbocycles. The van der Waals surface area contributed by atoms with E-state index in [-0.39, 0.29) is 22.7 Å². The molecule has 1 unspecified atom stereocenters. The third-order valence-corrected chi connectivity index (χ3v) is 4.72. The van der Waals surface area contributed by atoms with Gasteiger partial charge in [-0.2, -0.15) is 0 Å². The molecule has 4 rings (SSSR count). The van der Waals surface area contributed by atoms with E-state index in [4.69, 9.17) is 5.73 Å². The Labute approximate surface area is 150 Å². The molecule has 5 heteroatoms. The normalized spacial score (nSPS) is 20.5. The Balaban J connectivity index is 1.76. The number of ketones is 2. The molecule has 3 N–H and O–H groups in total. The minimum atomic E-state index is -1.18. The summed E-state index contributed by atoms with van der Waals surface area (Å²) < 4.78 is 0. The second-order valence-electron chi connectivity index (χ2n) is 6.42. The smallest absolute Gasteiger partial charge is 0.248 e. The first kappa shape index (κ1) is 16.2. The number of amides is 1. The van der Waals surface area contributed by atoms with E-state index in [1.165, 1.54) is 0 Å². The van der Waals surface area contributed by atoms with E-state index in [0.717, 1.165) is 0 Å². The van der Waals surface area contributed by atoms with Gasteiger partial charge in [-0.15, -0.1) is 0 Å². The molecule has 0 fully saturated rings. The molecule has 26 heavy (non-hydrogen) atoms. The van der Waals surface area contributed by atoms with Gasteiger partial charge in [0.2, 0.25) is 5.91 Å². The van der Waals surface area contributed by atoms with E-state index in [1.807, 2.05) is 12.2 Å². The topological polar surface area (TPSA) is 89.3 Å². The van der Waals surface area contributed by atoms with Crippen molar-refractivity contribution in [3.63, 3.8) is 0 Å². The monoisotopic (exact) mass is 344 g/mol. The van der Waals surface area contributed by atoms with Crippen molar-refractivity contribution in [3.05, 3.63) is 89.0 Å². The maximum Gasteiger partial charge on any atom is 0.248 e. The van der Waals surface area contributed by atoms with Crippen molar-refractivity contribution in [3.8, 4) is 0 Å². The summed E-state index contributed by atoms with van der Waals surface area (Å²) in [4.78, 5) is 38.4. The number of nitrogens with one attached hydrogen (secondary N) is 1. The second kappa shape index (κ2) is 5.89. The molecule has 128 valence electrons. The van der Waals surface area contributed by atoms with E-state index in [1.54, 1.807) is 54.6 Å². The van der Waals surface area contributed by atoms with Crippen LogP contribution < -0.4 is 11.1 Å². The average Bonchev–Trinajstić information content (AvgIpc) is 2.66. The van der Waals surface area contributed by atoms with Crippen LogP contribution in [0.2, 0.25) is 0 Å². The Kier molecular flexibility index (Phi) is 3.67. The van der Waals surface area contributed by atoms with Crippen molar-refractivity contribution in [2.24, 2.45) is 5.73 Å². The molecule has 0 bridgehead atoms. The molecule has 0 saturated carbocycles. The van der Waals surface area contributed by atoms with Crippen LogP contribution in [0.1, 0.15) is 38.3 Å². The number of nitrogens with two attached hydrogens (primary N) is 1. The highest BCUT2D eigenvalue weighted by Gasteiger charge is 2.35. The SMILES string of the molecule is NC1(C(=O)Nc2cccc3c2C(=O)c2ccccc2C3=O)C=CC=CC1. The lowest BCUT2D eigenvalue weighted by Gasteiger charge is -2.26. The van der Waals surface area contributed by atoms with Gasteiger partial charge in [-0.25, -0.2) is 0 Å². The van der Waals surface area contributed by atoms with Crippen LogP contribution in [0.3, 0.4) is 0 Å². The summed E-state index contributed by atoms with van der Waals surface area (Å²) in [5.74, 6) is -0.934. The number of hydrogen-bond donors (Lipinski definition) is 2. The van der Waals surface area contributed by atoms with Crippen molar-refractivity contribution in [1.82, 2.24) is 0 Å². The molecule has 1 atom stereocenters. The summed E-state index contributed by atoms with van der Waals surface area (Å²) >= 11 is 0. The Hall–Kier alpha value is -3.31. The third kappa shape index (κ3) is 2.41. The van der Waals surface area contributed by atoms with Gasteiger partial charge < -0.3 is 11.1 Å². The molecule has 0 aliphatic heterocycles. The second-order valence-corrected chi connectivity index (χ2v) is 6.42. The zero-order chi connectivity index (χ0) is 18.3. The number of fused-ring (bicyclic) bond motifs is 2. The number of hydrogen-bond acceptors (Lipinski definition) is 4. The minimum absolute atomic E-state index is 0.212. The molecular weight excluding hydrogens is 328 g/mol. The number of carbonyl (C=O) groups is 3. The first-order chi connectivity index (χ1) is 12.5. The van der Waals surface area contributed by atoms with Crippen LogP contribution in [0, 0.1) is 0 Å². The van der Waals surface area contributed by atoms with Gasteiger partial charge in [0.1, 0.15) is 5.54 Å². The molecule has 2 aliphatic carbocycles. The standard InChI is InChI=1S/C21H16N2O3/c22-21(11-4-1-5-12-21)20(26)23-16-10-6-9-15-17(16)19(25)14-8-3-2-7-13(14)18(15)24/h1-11H,12,22H2,(H,23,26). The lowest BCUT2D eigenvalue weighted by molar-refractivity contribution is -0.119. The van der Waals surface area contributed by atoms with Gasteiger partial charge in [-0.1, -0.05) is 60.7 Å². The number of allylic oxidation sites excluding steroid dienone is 2. The number of rotatable bonds is 2. The predicted molar refractivity (Wildman–Crippen MR) is 98.2 cm³/mol.